The third kappa shape index (κ3) is 5.20. The van der Waals surface area contributed by atoms with E-state index in [-0.39, 0.29) is 23.3 Å². The lowest BCUT2D eigenvalue weighted by Crippen LogP contribution is -2.15. The summed E-state index contributed by atoms with van der Waals surface area (Å²) in [4.78, 5) is 33.4. The molecule has 3 rings (SSSR count). The van der Waals surface area contributed by atoms with E-state index in [1.807, 2.05) is 0 Å². The summed E-state index contributed by atoms with van der Waals surface area (Å²) in [5, 5.41) is 24.1. The molecule has 2 amide bonds. The monoisotopic (exact) mass is 391 g/mol. The molecule has 1 aromatic heterocycles. The smallest absolute Gasteiger partial charge is 0.306 e. The Kier molecular flexibility index (Phi) is 5.60. The number of anilines is 2. The summed E-state index contributed by atoms with van der Waals surface area (Å²) in [5.74, 6) is -1.10. The van der Waals surface area contributed by atoms with Gasteiger partial charge in [0.2, 0.25) is 17.6 Å². The van der Waals surface area contributed by atoms with Crippen molar-refractivity contribution in [2.24, 2.45) is 5.92 Å². The van der Waals surface area contributed by atoms with Crippen molar-refractivity contribution in [3.63, 3.8) is 0 Å². The van der Waals surface area contributed by atoms with Gasteiger partial charge in [-0.2, -0.15) is 4.39 Å². The number of hydrogen-bond donors (Lipinski definition) is 2. The number of benzene rings is 1. The van der Waals surface area contributed by atoms with E-state index in [9.17, 15) is 24.1 Å². The summed E-state index contributed by atoms with van der Waals surface area (Å²) in [6.45, 7) is 0. The SMILES string of the molecule is O=C(CSc1ccc(NC(=O)C2CC2)nn1)Nc1ccc(F)c([N+](=O)[O-])c1. The van der Waals surface area contributed by atoms with Crippen LogP contribution in [0.2, 0.25) is 0 Å². The topological polar surface area (TPSA) is 127 Å². The molecule has 1 aliphatic rings. The second-order valence-electron chi connectivity index (χ2n) is 5.78. The van der Waals surface area contributed by atoms with E-state index in [0.717, 1.165) is 36.7 Å². The molecule has 0 radical (unpaired) electrons. The second-order valence-corrected chi connectivity index (χ2v) is 6.78. The number of aromatic nitrogens is 2. The largest absolute Gasteiger partial charge is 0.325 e. The van der Waals surface area contributed by atoms with Crippen LogP contribution in [0.3, 0.4) is 0 Å². The van der Waals surface area contributed by atoms with Crippen molar-refractivity contribution in [2.75, 3.05) is 16.4 Å². The van der Waals surface area contributed by atoms with Crippen LogP contribution >= 0.6 is 11.8 Å². The first-order valence-electron chi connectivity index (χ1n) is 7.93. The Morgan fingerprint density at radius 2 is 2.00 bits per heavy atom. The molecule has 0 unspecified atom stereocenters. The highest BCUT2D eigenvalue weighted by Crippen LogP contribution is 2.30. The molecule has 1 fully saturated rings. The normalized spacial score (nSPS) is 13.1. The number of thioether (sulfide) groups is 1. The molecule has 1 heterocycles. The van der Waals surface area contributed by atoms with Crippen LogP contribution in [-0.4, -0.2) is 32.7 Å². The lowest BCUT2D eigenvalue weighted by Gasteiger charge is -2.06. The molecular formula is C16H14FN5O4S. The number of hydrogen-bond acceptors (Lipinski definition) is 7. The lowest BCUT2D eigenvalue weighted by atomic mass is 10.2. The fourth-order valence-electron chi connectivity index (χ4n) is 2.10. The van der Waals surface area contributed by atoms with E-state index in [0.29, 0.717) is 10.8 Å². The minimum absolute atomic E-state index is 0.0202. The third-order valence-corrected chi connectivity index (χ3v) is 4.54. The van der Waals surface area contributed by atoms with Crippen LogP contribution in [0.4, 0.5) is 21.6 Å². The Morgan fingerprint density at radius 3 is 2.63 bits per heavy atom. The Labute approximate surface area is 156 Å². The number of amides is 2. The van der Waals surface area contributed by atoms with Crippen molar-refractivity contribution in [1.82, 2.24) is 10.2 Å². The van der Waals surface area contributed by atoms with Gasteiger partial charge < -0.3 is 10.6 Å². The molecule has 1 aromatic carbocycles. The van der Waals surface area contributed by atoms with Gasteiger partial charge in [-0.15, -0.1) is 10.2 Å². The molecule has 1 aliphatic carbocycles. The van der Waals surface area contributed by atoms with Gasteiger partial charge >= 0.3 is 5.69 Å². The van der Waals surface area contributed by atoms with Crippen LogP contribution in [0.5, 0.6) is 0 Å². The number of carbonyl (C=O) groups excluding carboxylic acids is 2. The van der Waals surface area contributed by atoms with E-state index in [1.54, 1.807) is 12.1 Å². The zero-order chi connectivity index (χ0) is 19.4. The van der Waals surface area contributed by atoms with E-state index in [2.05, 4.69) is 20.8 Å². The van der Waals surface area contributed by atoms with Gasteiger partial charge in [-0.25, -0.2) is 0 Å². The summed E-state index contributed by atoms with van der Waals surface area (Å²) in [7, 11) is 0. The minimum atomic E-state index is -0.975. The van der Waals surface area contributed by atoms with Crippen molar-refractivity contribution in [3.8, 4) is 0 Å². The zero-order valence-corrected chi connectivity index (χ0v) is 14.7. The van der Waals surface area contributed by atoms with Gasteiger partial charge in [0.05, 0.1) is 10.7 Å². The number of carbonyl (C=O) groups is 2. The fourth-order valence-corrected chi connectivity index (χ4v) is 2.72. The molecule has 11 heteroatoms. The number of nitrogens with one attached hydrogen (secondary N) is 2. The summed E-state index contributed by atoms with van der Waals surface area (Å²) in [6.07, 6.45) is 1.78. The van der Waals surface area contributed by atoms with Gasteiger partial charge in [0.25, 0.3) is 0 Å². The fraction of sp³-hybridized carbons (Fsp3) is 0.250. The van der Waals surface area contributed by atoms with Gasteiger partial charge in [-0.1, -0.05) is 11.8 Å². The van der Waals surface area contributed by atoms with Gasteiger partial charge in [0.1, 0.15) is 5.03 Å². The maximum atomic E-state index is 13.3. The van der Waals surface area contributed by atoms with Crippen molar-refractivity contribution in [1.29, 1.82) is 0 Å². The summed E-state index contributed by atoms with van der Waals surface area (Å²) >= 11 is 1.10. The van der Waals surface area contributed by atoms with Crippen LogP contribution in [0.15, 0.2) is 35.4 Å². The molecule has 0 atom stereocenters. The number of rotatable bonds is 7. The highest BCUT2D eigenvalue weighted by atomic mass is 32.2. The summed E-state index contributed by atoms with van der Waals surface area (Å²) in [5.41, 5.74) is -0.590. The minimum Gasteiger partial charge on any atom is -0.325 e. The average Bonchev–Trinajstić information content (AvgIpc) is 3.48. The van der Waals surface area contributed by atoms with Crippen molar-refractivity contribution >= 4 is 40.8 Å². The summed E-state index contributed by atoms with van der Waals surface area (Å²) < 4.78 is 13.3. The predicted molar refractivity (Wildman–Crippen MR) is 95.8 cm³/mol. The van der Waals surface area contributed by atoms with E-state index in [4.69, 9.17) is 0 Å². The molecular weight excluding hydrogens is 377 g/mol. The number of nitro groups is 1. The van der Waals surface area contributed by atoms with E-state index < -0.39 is 22.3 Å². The highest BCUT2D eigenvalue weighted by molar-refractivity contribution is 7.99. The summed E-state index contributed by atoms with van der Waals surface area (Å²) in [6, 6.07) is 6.32. The zero-order valence-electron chi connectivity index (χ0n) is 13.8. The molecule has 0 saturated heterocycles. The lowest BCUT2D eigenvalue weighted by molar-refractivity contribution is -0.387. The van der Waals surface area contributed by atoms with Crippen molar-refractivity contribution in [3.05, 3.63) is 46.3 Å². The first kappa shape index (κ1) is 18.7. The van der Waals surface area contributed by atoms with Gasteiger partial charge in [-0.05, 0) is 37.1 Å². The molecule has 140 valence electrons. The third-order valence-electron chi connectivity index (χ3n) is 3.62. The Morgan fingerprint density at radius 1 is 1.22 bits per heavy atom. The molecule has 27 heavy (non-hydrogen) atoms. The Bertz CT molecular complexity index is 889. The van der Waals surface area contributed by atoms with E-state index >= 15 is 0 Å². The van der Waals surface area contributed by atoms with Gasteiger partial charge in [0, 0.05) is 17.7 Å². The molecule has 0 bridgehead atoms. The average molecular weight is 391 g/mol. The molecule has 1 saturated carbocycles. The maximum absolute atomic E-state index is 13.3. The highest BCUT2D eigenvalue weighted by Gasteiger charge is 2.29. The van der Waals surface area contributed by atoms with Crippen LogP contribution in [0.1, 0.15) is 12.8 Å². The second kappa shape index (κ2) is 8.08. The van der Waals surface area contributed by atoms with Crippen LogP contribution in [0.25, 0.3) is 0 Å². The molecule has 0 spiro atoms. The molecule has 0 aliphatic heterocycles. The maximum Gasteiger partial charge on any atom is 0.306 e. The quantitative estimate of drug-likeness (QED) is 0.422. The standard InChI is InChI=1S/C16H14FN5O4S/c17-11-4-3-10(7-12(11)22(25)26)18-14(23)8-27-15-6-5-13(20-21-15)19-16(24)9-1-2-9/h3-7,9H,1-2,8H2,(H,18,23)(H,19,20,24). The van der Waals surface area contributed by atoms with Crippen LogP contribution < -0.4 is 10.6 Å². The van der Waals surface area contributed by atoms with Crippen LogP contribution in [0, 0.1) is 21.8 Å². The van der Waals surface area contributed by atoms with Gasteiger partial charge in [0.15, 0.2) is 5.82 Å². The number of halogens is 1. The van der Waals surface area contributed by atoms with Crippen molar-refractivity contribution < 1.29 is 18.9 Å². The van der Waals surface area contributed by atoms with Crippen molar-refractivity contribution in [2.45, 2.75) is 17.9 Å². The number of nitrogens with zero attached hydrogens (tertiary/aromatic N) is 3. The van der Waals surface area contributed by atoms with Crippen LogP contribution in [-0.2, 0) is 9.59 Å². The van der Waals surface area contributed by atoms with Gasteiger partial charge in [-0.3, -0.25) is 19.7 Å². The number of nitro benzene ring substituents is 1. The van der Waals surface area contributed by atoms with E-state index in [1.165, 1.54) is 6.07 Å². The molecule has 2 aromatic rings. The predicted octanol–water partition coefficient (Wildman–Crippen LogP) is 2.60. The molecule has 9 nitrogen and oxygen atoms in total. The first-order valence-corrected chi connectivity index (χ1v) is 8.92. The first-order chi connectivity index (χ1) is 12.9. The molecule has 2 N–H and O–H groups in total. The Hall–Kier alpha value is -3.08. The Balaban J connectivity index is 1.50.